The second kappa shape index (κ2) is 3.29. The summed E-state index contributed by atoms with van der Waals surface area (Å²) >= 11 is 0. The van der Waals surface area contributed by atoms with Gasteiger partial charge in [-0.2, -0.15) is 0 Å². The maximum Gasteiger partial charge on any atom is 0.129 e. The van der Waals surface area contributed by atoms with E-state index in [1.54, 1.807) is 32.9 Å². The van der Waals surface area contributed by atoms with Crippen molar-refractivity contribution in [2.45, 2.75) is 26.2 Å². The molecule has 70 valence electrons. The lowest BCUT2D eigenvalue weighted by Crippen LogP contribution is -2.20. The Bertz CT molecular complexity index is 329. The quantitative estimate of drug-likeness (QED) is 0.639. The third-order valence-corrected chi connectivity index (χ3v) is 2.26. The van der Waals surface area contributed by atoms with E-state index in [1.165, 1.54) is 6.07 Å². The summed E-state index contributed by atoms with van der Waals surface area (Å²) in [5.74, 6) is -0.257. The lowest BCUT2D eigenvalue weighted by atomic mass is 9.83. The molecule has 0 fully saturated rings. The van der Waals surface area contributed by atoms with Crippen molar-refractivity contribution < 1.29 is 9.18 Å². The van der Waals surface area contributed by atoms with Crippen LogP contribution in [0.5, 0.6) is 0 Å². The minimum Gasteiger partial charge on any atom is -0.302 e. The van der Waals surface area contributed by atoms with Gasteiger partial charge in [-0.15, -0.1) is 0 Å². The van der Waals surface area contributed by atoms with E-state index in [0.717, 1.165) is 11.8 Å². The van der Waals surface area contributed by atoms with Crippen LogP contribution in [0, 0.1) is 12.7 Å². The zero-order valence-corrected chi connectivity index (χ0v) is 8.10. The Labute approximate surface area is 77.6 Å². The Kier molecular flexibility index (Phi) is 2.50. The summed E-state index contributed by atoms with van der Waals surface area (Å²) in [6.07, 6.45) is 0.842. The van der Waals surface area contributed by atoms with Crippen molar-refractivity contribution in [3.63, 3.8) is 0 Å². The first-order valence-corrected chi connectivity index (χ1v) is 4.21. The smallest absolute Gasteiger partial charge is 0.129 e. The van der Waals surface area contributed by atoms with E-state index in [-0.39, 0.29) is 5.82 Å². The molecule has 0 unspecified atom stereocenters. The van der Waals surface area contributed by atoms with Crippen molar-refractivity contribution in [3.8, 4) is 0 Å². The number of carbonyl (C=O) groups is 1. The van der Waals surface area contributed by atoms with Crippen LogP contribution in [-0.2, 0) is 10.2 Å². The van der Waals surface area contributed by atoms with Crippen molar-refractivity contribution in [3.05, 3.63) is 35.1 Å². The van der Waals surface area contributed by atoms with Crippen molar-refractivity contribution in [1.82, 2.24) is 0 Å². The van der Waals surface area contributed by atoms with Crippen molar-refractivity contribution in [1.29, 1.82) is 0 Å². The molecule has 0 radical (unpaired) electrons. The van der Waals surface area contributed by atoms with Gasteiger partial charge >= 0.3 is 0 Å². The van der Waals surface area contributed by atoms with Gasteiger partial charge in [0.05, 0.1) is 0 Å². The van der Waals surface area contributed by atoms with Crippen LogP contribution in [0.25, 0.3) is 0 Å². The van der Waals surface area contributed by atoms with E-state index in [4.69, 9.17) is 0 Å². The molecule has 0 aromatic heterocycles. The molecule has 0 saturated heterocycles. The highest BCUT2D eigenvalue weighted by atomic mass is 19.1. The third-order valence-electron chi connectivity index (χ3n) is 2.26. The Morgan fingerprint density at radius 2 is 2.00 bits per heavy atom. The number of hydrogen-bond acceptors (Lipinski definition) is 1. The normalized spacial score (nSPS) is 11.4. The average molecular weight is 180 g/mol. The van der Waals surface area contributed by atoms with Gasteiger partial charge in [0.2, 0.25) is 0 Å². The summed E-state index contributed by atoms with van der Waals surface area (Å²) in [4.78, 5) is 10.8. The highest BCUT2D eigenvalue weighted by molar-refractivity contribution is 5.68. The monoisotopic (exact) mass is 180 g/mol. The molecule has 0 aliphatic carbocycles. The van der Waals surface area contributed by atoms with E-state index >= 15 is 0 Å². The Balaban J connectivity index is 3.30. The standard InChI is InChI=1S/C11H13FO/c1-8-9(11(2,3)7-13)5-4-6-10(8)12/h4-7H,1-3H3. The summed E-state index contributed by atoms with van der Waals surface area (Å²) in [6.45, 7) is 5.25. The van der Waals surface area contributed by atoms with Crippen LogP contribution >= 0.6 is 0 Å². The highest BCUT2D eigenvalue weighted by Gasteiger charge is 2.22. The van der Waals surface area contributed by atoms with E-state index in [0.29, 0.717) is 5.56 Å². The van der Waals surface area contributed by atoms with Gasteiger partial charge in [-0.25, -0.2) is 4.39 Å². The van der Waals surface area contributed by atoms with E-state index < -0.39 is 5.41 Å². The van der Waals surface area contributed by atoms with E-state index in [2.05, 4.69) is 0 Å². The number of halogens is 1. The summed E-state index contributed by atoms with van der Waals surface area (Å²) in [6, 6.07) is 4.81. The molecule has 1 nitrogen and oxygen atoms in total. The summed E-state index contributed by atoms with van der Waals surface area (Å²) in [5, 5.41) is 0. The summed E-state index contributed by atoms with van der Waals surface area (Å²) in [7, 11) is 0. The molecule has 0 amide bonds. The zero-order valence-electron chi connectivity index (χ0n) is 8.10. The Morgan fingerprint density at radius 1 is 1.38 bits per heavy atom. The van der Waals surface area contributed by atoms with E-state index in [1.807, 2.05) is 0 Å². The topological polar surface area (TPSA) is 17.1 Å². The van der Waals surface area contributed by atoms with Crippen LogP contribution in [0.4, 0.5) is 4.39 Å². The SMILES string of the molecule is Cc1c(F)cccc1C(C)(C)C=O. The van der Waals surface area contributed by atoms with Crippen LogP contribution in [0.15, 0.2) is 18.2 Å². The molecule has 13 heavy (non-hydrogen) atoms. The van der Waals surface area contributed by atoms with Crippen LogP contribution in [0.2, 0.25) is 0 Å². The van der Waals surface area contributed by atoms with Crippen LogP contribution < -0.4 is 0 Å². The van der Waals surface area contributed by atoms with Crippen LogP contribution in [0.1, 0.15) is 25.0 Å². The first kappa shape index (κ1) is 9.90. The Morgan fingerprint density at radius 3 is 2.54 bits per heavy atom. The summed E-state index contributed by atoms with van der Waals surface area (Å²) in [5.41, 5.74) is 0.703. The van der Waals surface area contributed by atoms with Crippen molar-refractivity contribution in [2.24, 2.45) is 0 Å². The molecule has 0 aliphatic rings. The minimum atomic E-state index is -0.605. The van der Waals surface area contributed by atoms with Crippen molar-refractivity contribution >= 4 is 6.29 Å². The molecule has 0 heterocycles. The molecule has 0 saturated carbocycles. The highest BCUT2D eigenvalue weighted by Crippen LogP contribution is 2.25. The second-order valence-corrected chi connectivity index (χ2v) is 3.75. The number of benzene rings is 1. The lowest BCUT2D eigenvalue weighted by Gasteiger charge is -2.19. The van der Waals surface area contributed by atoms with Gasteiger partial charge in [-0.3, -0.25) is 0 Å². The molecule has 0 atom stereocenters. The molecule has 1 rings (SSSR count). The fourth-order valence-corrected chi connectivity index (χ4v) is 1.37. The number of aldehydes is 1. The number of hydrogen-bond donors (Lipinski definition) is 0. The molecule has 0 bridgehead atoms. The fraction of sp³-hybridized carbons (Fsp3) is 0.364. The minimum absolute atomic E-state index is 0.257. The van der Waals surface area contributed by atoms with Gasteiger partial charge in [0.1, 0.15) is 12.1 Å². The average Bonchev–Trinajstić information content (AvgIpc) is 2.09. The van der Waals surface area contributed by atoms with Crippen molar-refractivity contribution in [2.75, 3.05) is 0 Å². The summed E-state index contributed by atoms with van der Waals surface area (Å²) < 4.78 is 13.1. The third kappa shape index (κ3) is 1.77. The first-order valence-electron chi connectivity index (χ1n) is 4.21. The maximum absolute atomic E-state index is 13.1. The van der Waals surface area contributed by atoms with Gasteiger partial charge in [0, 0.05) is 5.41 Å². The fourth-order valence-electron chi connectivity index (χ4n) is 1.37. The molecule has 0 N–H and O–H groups in total. The van der Waals surface area contributed by atoms with Gasteiger partial charge < -0.3 is 4.79 Å². The lowest BCUT2D eigenvalue weighted by molar-refractivity contribution is -0.111. The van der Waals surface area contributed by atoms with Gasteiger partial charge in [-0.05, 0) is 38.0 Å². The molecule has 1 aromatic rings. The first-order chi connectivity index (χ1) is 5.99. The van der Waals surface area contributed by atoms with Crippen LogP contribution in [-0.4, -0.2) is 6.29 Å². The van der Waals surface area contributed by atoms with Crippen LogP contribution in [0.3, 0.4) is 0 Å². The largest absolute Gasteiger partial charge is 0.302 e. The molecular formula is C11H13FO. The molecule has 2 heteroatoms. The molecule has 0 aliphatic heterocycles. The zero-order chi connectivity index (χ0) is 10.1. The Hall–Kier alpha value is -1.18. The number of rotatable bonds is 2. The van der Waals surface area contributed by atoms with Gasteiger partial charge in [0.25, 0.3) is 0 Å². The second-order valence-electron chi connectivity index (χ2n) is 3.75. The van der Waals surface area contributed by atoms with Gasteiger partial charge in [0.15, 0.2) is 0 Å². The molecular weight excluding hydrogens is 167 g/mol. The van der Waals surface area contributed by atoms with Gasteiger partial charge in [-0.1, -0.05) is 12.1 Å². The maximum atomic E-state index is 13.1. The van der Waals surface area contributed by atoms with E-state index in [9.17, 15) is 9.18 Å². The predicted octanol–water partition coefficient (Wildman–Crippen LogP) is 2.61. The number of carbonyl (C=O) groups excluding carboxylic acids is 1. The predicted molar refractivity (Wildman–Crippen MR) is 50.2 cm³/mol. The molecule has 0 spiro atoms. The molecule has 1 aromatic carbocycles.